The van der Waals surface area contributed by atoms with E-state index in [0.29, 0.717) is 10.8 Å². The molecule has 0 fully saturated rings. The van der Waals surface area contributed by atoms with Gasteiger partial charge in [-0.15, -0.1) is 0 Å². The number of nitrogens with zero attached hydrogens (tertiary/aromatic N) is 2. The van der Waals surface area contributed by atoms with E-state index in [1.54, 1.807) is 18.2 Å². The Morgan fingerprint density at radius 2 is 2.17 bits per heavy atom. The lowest BCUT2D eigenvalue weighted by molar-refractivity contribution is 0.0689. The standard InChI is InChI=1S/C12H9ClN2O3/c1-7-4-8(2-3-9(7)13)18-11-6-14-5-10(15-11)12(16)17/h2-6H,1H3,(H,16,17). The van der Waals surface area contributed by atoms with Gasteiger partial charge in [-0.1, -0.05) is 11.6 Å². The molecule has 2 aromatic rings. The Balaban J connectivity index is 2.25. The number of carbonyl (C=O) groups is 1. The molecule has 92 valence electrons. The predicted molar refractivity (Wildman–Crippen MR) is 65.3 cm³/mol. The van der Waals surface area contributed by atoms with Gasteiger partial charge >= 0.3 is 5.97 Å². The van der Waals surface area contributed by atoms with Gasteiger partial charge in [-0.2, -0.15) is 0 Å². The number of aromatic nitrogens is 2. The lowest BCUT2D eigenvalue weighted by Crippen LogP contribution is -2.02. The summed E-state index contributed by atoms with van der Waals surface area (Å²) in [5.74, 6) is -0.509. The van der Waals surface area contributed by atoms with Gasteiger partial charge in [0.15, 0.2) is 5.69 Å². The normalized spacial score (nSPS) is 10.1. The third-order valence-electron chi connectivity index (χ3n) is 2.18. The summed E-state index contributed by atoms with van der Waals surface area (Å²) < 4.78 is 5.41. The minimum Gasteiger partial charge on any atom is -0.476 e. The van der Waals surface area contributed by atoms with Gasteiger partial charge in [0.05, 0.1) is 12.4 Å². The lowest BCUT2D eigenvalue weighted by Gasteiger charge is -2.06. The van der Waals surface area contributed by atoms with Crippen LogP contribution in [0.1, 0.15) is 16.1 Å². The number of halogens is 1. The van der Waals surface area contributed by atoms with Crippen LogP contribution in [-0.2, 0) is 0 Å². The second-order valence-corrected chi connectivity index (χ2v) is 3.97. The summed E-state index contributed by atoms with van der Waals surface area (Å²) in [5.41, 5.74) is 0.690. The Morgan fingerprint density at radius 3 is 2.83 bits per heavy atom. The summed E-state index contributed by atoms with van der Waals surface area (Å²) >= 11 is 5.89. The number of hydrogen-bond donors (Lipinski definition) is 1. The Bertz CT molecular complexity index is 602. The van der Waals surface area contributed by atoms with Crippen LogP contribution in [0.5, 0.6) is 11.6 Å². The summed E-state index contributed by atoms with van der Waals surface area (Å²) in [5, 5.41) is 9.41. The van der Waals surface area contributed by atoms with E-state index in [-0.39, 0.29) is 11.6 Å². The molecule has 0 amide bonds. The maximum atomic E-state index is 10.7. The molecule has 6 heteroatoms. The van der Waals surface area contributed by atoms with Crippen molar-refractivity contribution >= 4 is 17.6 Å². The van der Waals surface area contributed by atoms with E-state index in [1.165, 1.54) is 6.20 Å². The number of carboxylic acids is 1. The molecule has 0 spiro atoms. The van der Waals surface area contributed by atoms with E-state index < -0.39 is 5.97 Å². The van der Waals surface area contributed by atoms with Crippen molar-refractivity contribution in [3.63, 3.8) is 0 Å². The number of benzene rings is 1. The zero-order chi connectivity index (χ0) is 13.1. The summed E-state index contributed by atoms with van der Waals surface area (Å²) in [6.45, 7) is 1.84. The molecule has 0 aliphatic rings. The largest absolute Gasteiger partial charge is 0.476 e. The van der Waals surface area contributed by atoms with Crippen LogP contribution >= 0.6 is 11.6 Å². The Labute approximate surface area is 108 Å². The van der Waals surface area contributed by atoms with Gasteiger partial charge in [0, 0.05) is 5.02 Å². The van der Waals surface area contributed by atoms with Crippen LogP contribution in [0.3, 0.4) is 0 Å². The molecule has 0 atom stereocenters. The monoisotopic (exact) mass is 264 g/mol. The third-order valence-corrected chi connectivity index (χ3v) is 2.61. The number of aryl methyl sites for hydroxylation is 1. The number of hydrogen-bond acceptors (Lipinski definition) is 4. The van der Waals surface area contributed by atoms with Gasteiger partial charge in [0.25, 0.3) is 0 Å². The molecule has 0 saturated carbocycles. The fourth-order valence-electron chi connectivity index (χ4n) is 1.30. The van der Waals surface area contributed by atoms with E-state index in [4.69, 9.17) is 21.4 Å². The van der Waals surface area contributed by atoms with Gasteiger partial charge in [-0.3, -0.25) is 4.98 Å². The summed E-state index contributed by atoms with van der Waals surface area (Å²) in [6.07, 6.45) is 2.50. The summed E-state index contributed by atoms with van der Waals surface area (Å²) in [4.78, 5) is 18.3. The van der Waals surface area contributed by atoms with Crippen molar-refractivity contribution in [2.24, 2.45) is 0 Å². The first-order valence-corrected chi connectivity index (χ1v) is 5.43. The first-order valence-electron chi connectivity index (χ1n) is 5.05. The van der Waals surface area contributed by atoms with Gasteiger partial charge < -0.3 is 9.84 Å². The molecule has 0 aliphatic heterocycles. The van der Waals surface area contributed by atoms with Gasteiger partial charge in [-0.25, -0.2) is 9.78 Å². The van der Waals surface area contributed by atoms with Crippen LogP contribution in [0.25, 0.3) is 0 Å². The second-order valence-electron chi connectivity index (χ2n) is 3.56. The highest BCUT2D eigenvalue weighted by Crippen LogP contribution is 2.24. The molecule has 2 rings (SSSR count). The molecule has 1 N–H and O–H groups in total. The van der Waals surface area contributed by atoms with Crippen molar-refractivity contribution in [2.75, 3.05) is 0 Å². The SMILES string of the molecule is Cc1cc(Oc2cncc(C(=O)O)n2)ccc1Cl. The fraction of sp³-hybridized carbons (Fsp3) is 0.0833. The van der Waals surface area contributed by atoms with Crippen LogP contribution in [0, 0.1) is 6.92 Å². The molecule has 1 aromatic heterocycles. The van der Waals surface area contributed by atoms with E-state index in [2.05, 4.69) is 9.97 Å². The molecule has 0 bridgehead atoms. The van der Waals surface area contributed by atoms with Crippen LogP contribution in [0.2, 0.25) is 5.02 Å². The average Bonchev–Trinajstić information content (AvgIpc) is 2.34. The fourth-order valence-corrected chi connectivity index (χ4v) is 1.42. The van der Waals surface area contributed by atoms with E-state index in [9.17, 15) is 4.79 Å². The quantitative estimate of drug-likeness (QED) is 0.923. The molecular formula is C12H9ClN2O3. The molecular weight excluding hydrogens is 256 g/mol. The molecule has 18 heavy (non-hydrogen) atoms. The zero-order valence-corrected chi connectivity index (χ0v) is 10.2. The Morgan fingerprint density at radius 1 is 1.39 bits per heavy atom. The van der Waals surface area contributed by atoms with Crippen LogP contribution in [0.15, 0.2) is 30.6 Å². The first-order chi connectivity index (χ1) is 8.56. The van der Waals surface area contributed by atoms with Gasteiger partial charge in [0.1, 0.15) is 5.75 Å². The van der Waals surface area contributed by atoms with E-state index in [0.717, 1.165) is 11.8 Å². The van der Waals surface area contributed by atoms with Crippen LogP contribution in [0.4, 0.5) is 0 Å². The maximum Gasteiger partial charge on any atom is 0.356 e. The highest BCUT2D eigenvalue weighted by Gasteiger charge is 2.08. The second kappa shape index (κ2) is 5.01. The van der Waals surface area contributed by atoms with Gasteiger partial charge in [-0.05, 0) is 30.7 Å². The van der Waals surface area contributed by atoms with Crippen molar-refractivity contribution < 1.29 is 14.6 Å². The van der Waals surface area contributed by atoms with E-state index in [1.807, 2.05) is 6.92 Å². The molecule has 5 nitrogen and oxygen atoms in total. The minimum atomic E-state index is -1.15. The number of aromatic carboxylic acids is 1. The molecule has 1 aromatic carbocycles. The third kappa shape index (κ3) is 2.75. The van der Waals surface area contributed by atoms with Crippen molar-refractivity contribution in [2.45, 2.75) is 6.92 Å². The van der Waals surface area contributed by atoms with Crippen molar-refractivity contribution in [1.29, 1.82) is 0 Å². The summed E-state index contributed by atoms with van der Waals surface area (Å²) in [6, 6.07) is 5.10. The summed E-state index contributed by atoms with van der Waals surface area (Å²) in [7, 11) is 0. The van der Waals surface area contributed by atoms with Gasteiger partial charge in [0.2, 0.25) is 5.88 Å². The number of carboxylic acid groups (broad SMARTS) is 1. The molecule has 0 aliphatic carbocycles. The zero-order valence-electron chi connectivity index (χ0n) is 9.42. The first kappa shape index (κ1) is 12.3. The Hall–Kier alpha value is -2.14. The lowest BCUT2D eigenvalue weighted by atomic mass is 10.2. The maximum absolute atomic E-state index is 10.7. The minimum absolute atomic E-state index is 0.122. The topological polar surface area (TPSA) is 72.3 Å². The molecule has 0 radical (unpaired) electrons. The average molecular weight is 265 g/mol. The van der Waals surface area contributed by atoms with Crippen molar-refractivity contribution in [3.8, 4) is 11.6 Å². The van der Waals surface area contributed by atoms with E-state index >= 15 is 0 Å². The highest BCUT2D eigenvalue weighted by atomic mass is 35.5. The molecule has 1 heterocycles. The number of ether oxygens (including phenoxy) is 1. The Kier molecular flexibility index (Phi) is 3.43. The van der Waals surface area contributed by atoms with Crippen LogP contribution in [-0.4, -0.2) is 21.0 Å². The van der Waals surface area contributed by atoms with Crippen LogP contribution < -0.4 is 4.74 Å². The highest BCUT2D eigenvalue weighted by molar-refractivity contribution is 6.31. The molecule has 0 unspecified atom stereocenters. The predicted octanol–water partition coefficient (Wildman–Crippen LogP) is 2.93. The van der Waals surface area contributed by atoms with Crippen molar-refractivity contribution in [1.82, 2.24) is 9.97 Å². The molecule has 0 saturated heterocycles. The smallest absolute Gasteiger partial charge is 0.356 e. The van der Waals surface area contributed by atoms with Crippen molar-refractivity contribution in [3.05, 3.63) is 46.9 Å². The number of rotatable bonds is 3.